The molecular weight excluding hydrogens is 230 g/mol. The second-order valence-electron chi connectivity index (χ2n) is 5.97. The molecule has 0 unspecified atom stereocenters. The van der Waals surface area contributed by atoms with Gasteiger partial charge in [0.05, 0.1) is 6.54 Å². The average Bonchev–Trinajstić information content (AvgIpc) is 2.58. The zero-order chi connectivity index (χ0) is 13.3. The number of carbonyl (C=O) groups is 1. The van der Waals surface area contributed by atoms with E-state index in [-0.39, 0.29) is 5.56 Å². The molecule has 4 nitrogen and oxygen atoms in total. The summed E-state index contributed by atoms with van der Waals surface area (Å²) in [6.07, 6.45) is 2.44. The Morgan fingerprint density at radius 2 is 2.28 bits per heavy atom. The first-order valence-corrected chi connectivity index (χ1v) is 6.42. The SMILES string of the molecule is Cc1oc(CN2CCCC(C)(C)C2)cc1C(=O)O. The first kappa shape index (κ1) is 13.1. The first-order chi connectivity index (χ1) is 8.37. The van der Waals surface area contributed by atoms with E-state index in [4.69, 9.17) is 9.52 Å². The molecule has 0 amide bonds. The Labute approximate surface area is 108 Å². The van der Waals surface area contributed by atoms with Gasteiger partial charge in [-0.1, -0.05) is 13.8 Å². The van der Waals surface area contributed by atoms with Crippen molar-refractivity contribution < 1.29 is 14.3 Å². The van der Waals surface area contributed by atoms with Gasteiger partial charge in [0.25, 0.3) is 0 Å². The lowest BCUT2D eigenvalue weighted by Gasteiger charge is -2.37. The summed E-state index contributed by atoms with van der Waals surface area (Å²) in [4.78, 5) is 13.3. The maximum absolute atomic E-state index is 11.0. The van der Waals surface area contributed by atoms with E-state index in [0.717, 1.165) is 18.8 Å². The molecule has 1 aliphatic rings. The third-order valence-electron chi connectivity index (χ3n) is 3.56. The molecule has 1 saturated heterocycles. The van der Waals surface area contributed by atoms with E-state index >= 15 is 0 Å². The topological polar surface area (TPSA) is 53.7 Å². The molecular formula is C14H21NO3. The molecule has 100 valence electrons. The van der Waals surface area contributed by atoms with Crippen molar-refractivity contribution in [3.8, 4) is 0 Å². The Hall–Kier alpha value is -1.29. The third-order valence-corrected chi connectivity index (χ3v) is 3.56. The normalized spacial score (nSPS) is 19.9. The molecule has 0 radical (unpaired) electrons. The van der Waals surface area contributed by atoms with E-state index in [9.17, 15) is 4.79 Å². The van der Waals surface area contributed by atoms with E-state index in [0.29, 0.717) is 17.7 Å². The van der Waals surface area contributed by atoms with Crippen LogP contribution in [0.3, 0.4) is 0 Å². The summed E-state index contributed by atoms with van der Waals surface area (Å²) in [7, 11) is 0. The Morgan fingerprint density at radius 1 is 1.56 bits per heavy atom. The number of hydrogen-bond acceptors (Lipinski definition) is 3. The molecule has 0 aliphatic carbocycles. The maximum atomic E-state index is 11.0. The van der Waals surface area contributed by atoms with Crippen molar-refractivity contribution in [2.24, 2.45) is 5.41 Å². The highest BCUT2D eigenvalue weighted by Gasteiger charge is 2.27. The molecule has 1 aromatic rings. The van der Waals surface area contributed by atoms with Crippen LogP contribution in [0.2, 0.25) is 0 Å². The smallest absolute Gasteiger partial charge is 0.339 e. The van der Waals surface area contributed by atoms with Crippen molar-refractivity contribution in [1.82, 2.24) is 4.90 Å². The van der Waals surface area contributed by atoms with Crippen LogP contribution >= 0.6 is 0 Å². The molecule has 2 heterocycles. The van der Waals surface area contributed by atoms with E-state index in [1.807, 2.05) is 0 Å². The molecule has 0 saturated carbocycles. The van der Waals surface area contributed by atoms with Crippen LogP contribution in [0, 0.1) is 12.3 Å². The maximum Gasteiger partial charge on any atom is 0.339 e. The molecule has 0 bridgehead atoms. The number of piperidine rings is 1. The molecule has 4 heteroatoms. The van der Waals surface area contributed by atoms with Gasteiger partial charge in [-0.2, -0.15) is 0 Å². The van der Waals surface area contributed by atoms with Gasteiger partial charge in [0.15, 0.2) is 0 Å². The molecule has 1 N–H and O–H groups in total. The Bertz CT molecular complexity index is 448. The lowest BCUT2D eigenvalue weighted by atomic mass is 9.84. The second kappa shape index (κ2) is 4.76. The van der Waals surface area contributed by atoms with Crippen molar-refractivity contribution in [3.05, 3.63) is 23.2 Å². The van der Waals surface area contributed by atoms with Crippen LogP contribution in [0.5, 0.6) is 0 Å². The van der Waals surface area contributed by atoms with Gasteiger partial charge in [-0.15, -0.1) is 0 Å². The highest BCUT2D eigenvalue weighted by Crippen LogP contribution is 2.29. The number of rotatable bonds is 3. The number of aromatic carboxylic acids is 1. The molecule has 18 heavy (non-hydrogen) atoms. The van der Waals surface area contributed by atoms with Crippen LogP contribution < -0.4 is 0 Å². The molecule has 2 rings (SSSR count). The van der Waals surface area contributed by atoms with Gasteiger partial charge < -0.3 is 9.52 Å². The van der Waals surface area contributed by atoms with Gasteiger partial charge >= 0.3 is 5.97 Å². The van der Waals surface area contributed by atoms with Crippen LogP contribution in [0.4, 0.5) is 0 Å². The van der Waals surface area contributed by atoms with Crippen molar-refractivity contribution in [3.63, 3.8) is 0 Å². The van der Waals surface area contributed by atoms with Gasteiger partial charge in [-0.3, -0.25) is 4.90 Å². The predicted octanol–water partition coefficient (Wildman–Crippen LogP) is 2.91. The minimum Gasteiger partial charge on any atom is -0.478 e. The number of hydrogen-bond donors (Lipinski definition) is 1. The number of likely N-dealkylation sites (tertiary alicyclic amines) is 1. The summed E-state index contributed by atoms with van der Waals surface area (Å²) in [6, 6.07) is 1.65. The summed E-state index contributed by atoms with van der Waals surface area (Å²) < 4.78 is 5.52. The minimum absolute atomic E-state index is 0.279. The summed E-state index contributed by atoms with van der Waals surface area (Å²) >= 11 is 0. The van der Waals surface area contributed by atoms with Crippen molar-refractivity contribution >= 4 is 5.97 Å². The van der Waals surface area contributed by atoms with Crippen molar-refractivity contribution in [2.75, 3.05) is 13.1 Å². The number of furan rings is 1. The Kier molecular flexibility index (Phi) is 3.48. The van der Waals surface area contributed by atoms with Crippen LogP contribution in [-0.4, -0.2) is 29.1 Å². The Balaban J connectivity index is 2.05. The quantitative estimate of drug-likeness (QED) is 0.897. The number of nitrogens with zero attached hydrogens (tertiary/aromatic N) is 1. The lowest BCUT2D eigenvalue weighted by molar-refractivity contribution is 0.0695. The van der Waals surface area contributed by atoms with Gasteiger partial charge in [0.1, 0.15) is 17.1 Å². The van der Waals surface area contributed by atoms with Crippen molar-refractivity contribution in [2.45, 2.75) is 40.2 Å². The fourth-order valence-corrected chi connectivity index (χ4v) is 2.73. The Morgan fingerprint density at radius 3 is 2.83 bits per heavy atom. The standard InChI is InChI=1S/C14H21NO3/c1-10-12(13(16)17)7-11(18-10)8-15-6-4-5-14(2,3)9-15/h7H,4-6,8-9H2,1-3H3,(H,16,17). The van der Waals surface area contributed by atoms with Crippen LogP contribution in [0.25, 0.3) is 0 Å². The monoisotopic (exact) mass is 251 g/mol. The summed E-state index contributed by atoms with van der Waals surface area (Å²) in [5, 5.41) is 8.99. The van der Waals surface area contributed by atoms with E-state index in [2.05, 4.69) is 18.7 Å². The van der Waals surface area contributed by atoms with Gasteiger partial charge in [-0.25, -0.2) is 4.79 Å². The molecule has 1 fully saturated rings. The molecule has 1 aromatic heterocycles. The zero-order valence-corrected chi connectivity index (χ0v) is 11.3. The molecule has 0 aromatic carbocycles. The molecule has 1 aliphatic heterocycles. The van der Waals surface area contributed by atoms with E-state index in [1.54, 1.807) is 13.0 Å². The van der Waals surface area contributed by atoms with E-state index < -0.39 is 5.97 Å². The largest absolute Gasteiger partial charge is 0.478 e. The third kappa shape index (κ3) is 2.93. The van der Waals surface area contributed by atoms with Gasteiger partial charge in [0.2, 0.25) is 0 Å². The fourth-order valence-electron chi connectivity index (χ4n) is 2.73. The van der Waals surface area contributed by atoms with Crippen LogP contribution in [0.1, 0.15) is 48.6 Å². The minimum atomic E-state index is -0.915. The second-order valence-corrected chi connectivity index (χ2v) is 5.97. The summed E-state index contributed by atoms with van der Waals surface area (Å²) in [5.74, 6) is 0.331. The summed E-state index contributed by atoms with van der Waals surface area (Å²) in [5.41, 5.74) is 0.622. The zero-order valence-electron chi connectivity index (χ0n) is 11.3. The van der Waals surface area contributed by atoms with Gasteiger partial charge in [0, 0.05) is 6.54 Å². The molecule has 0 spiro atoms. The fraction of sp³-hybridized carbons (Fsp3) is 0.643. The highest BCUT2D eigenvalue weighted by atomic mass is 16.4. The number of aryl methyl sites for hydroxylation is 1. The van der Waals surface area contributed by atoms with Crippen LogP contribution in [-0.2, 0) is 6.54 Å². The van der Waals surface area contributed by atoms with Crippen LogP contribution in [0.15, 0.2) is 10.5 Å². The molecule has 0 atom stereocenters. The summed E-state index contributed by atoms with van der Waals surface area (Å²) in [6.45, 7) is 9.05. The number of carboxylic acids is 1. The lowest BCUT2D eigenvalue weighted by Crippen LogP contribution is -2.39. The first-order valence-electron chi connectivity index (χ1n) is 6.42. The predicted molar refractivity (Wildman–Crippen MR) is 68.7 cm³/mol. The van der Waals surface area contributed by atoms with Gasteiger partial charge in [-0.05, 0) is 37.8 Å². The van der Waals surface area contributed by atoms with Crippen molar-refractivity contribution in [1.29, 1.82) is 0 Å². The highest BCUT2D eigenvalue weighted by molar-refractivity contribution is 5.88. The average molecular weight is 251 g/mol. The van der Waals surface area contributed by atoms with E-state index in [1.165, 1.54) is 12.8 Å². The number of carboxylic acid groups (broad SMARTS) is 1.